The molecule has 0 radical (unpaired) electrons. The Balaban J connectivity index is 1.92. The number of nitrogens with zero attached hydrogens (tertiary/aromatic N) is 1. The van der Waals surface area contributed by atoms with Crippen LogP contribution in [0.1, 0.15) is 11.1 Å². The first-order valence-corrected chi connectivity index (χ1v) is 5.48. The van der Waals surface area contributed by atoms with E-state index in [1.807, 2.05) is 36.4 Å². The lowest BCUT2D eigenvalue weighted by Gasteiger charge is -1.94. The van der Waals surface area contributed by atoms with Crippen molar-refractivity contribution >= 4 is 23.3 Å². The summed E-state index contributed by atoms with van der Waals surface area (Å²) in [6, 6.07) is 16.2. The third-order valence-electron chi connectivity index (χ3n) is 2.62. The molecule has 0 spiro atoms. The zero-order valence-electron chi connectivity index (χ0n) is 9.21. The molecule has 82 valence electrons. The Morgan fingerprint density at radius 1 is 0.882 bits per heavy atom. The average Bonchev–Trinajstić information content (AvgIpc) is 2.85. The summed E-state index contributed by atoms with van der Waals surface area (Å²) in [5.41, 5.74) is 4.02. The second kappa shape index (κ2) is 4.26. The van der Waals surface area contributed by atoms with Crippen LogP contribution in [0, 0.1) is 0 Å². The van der Waals surface area contributed by atoms with Gasteiger partial charge in [0.1, 0.15) is 5.52 Å². The summed E-state index contributed by atoms with van der Waals surface area (Å²) in [7, 11) is 0. The van der Waals surface area contributed by atoms with Gasteiger partial charge in [-0.2, -0.15) is 0 Å². The SMILES string of the molecule is C(=C\c1ccc2ocnc2c1)/c1ccccc1. The molecule has 0 saturated heterocycles. The number of aromatic nitrogens is 1. The molecular weight excluding hydrogens is 210 g/mol. The molecule has 3 rings (SSSR count). The Morgan fingerprint density at radius 2 is 1.71 bits per heavy atom. The van der Waals surface area contributed by atoms with E-state index in [2.05, 4.69) is 29.3 Å². The van der Waals surface area contributed by atoms with Crippen molar-refractivity contribution in [1.82, 2.24) is 4.98 Å². The molecule has 0 unspecified atom stereocenters. The second-order valence-electron chi connectivity index (χ2n) is 3.82. The van der Waals surface area contributed by atoms with Gasteiger partial charge in [0.05, 0.1) is 0 Å². The summed E-state index contributed by atoms with van der Waals surface area (Å²) in [4.78, 5) is 4.13. The van der Waals surface area contributed by atoms with Crippen LogP contribution in [0.5, 0.6) is 0 Å². The minimum absolute atomic E-state index is 0.821. The Morgan fingerprint density at radius 3 is 2.59 bits per heavy atom. The smallest absolute Gasteiger partial charge is 0.181 e. The Labute approximate surface area is 99.2 Å². The zero-order chi connectivity index (χ0) is 11.5. The largest absolute Gasteiger partial charge is 0.443 e. The van der Waals surface area contributed by atoms with E-state index in [-0.39, 0.29) is 0 Å². The number of hydrogen-bond acceptors (Lipinski definition) is 2. The molecule has 0 saturated carbocycles. The maximum atomic E-state index is 5.20. The van der Waals surface area contributed by atoms with E-state index in [1.54, 1.807) is 0 Å². The Bertz CT molecular complexity index is 653. The fourth-order valence-electron chi connectivity index (χ4n) is 1.74. The minimum Gasteiger partial charge on any atom is -0.443 e. The quantitative estimate of drug-likeness (QED) is 0.611. The van der Waals surface area contributed by atoms with Gasteiger partial charge in [0.25, 0.3) is 0 Å². The highest BCUT2D eigenvalue weighted by atomic mass is 16.3. The van der Waals surface area contributed by atoms with Crippen molar-refractivity contribution in [3.05, 3.63) is 66.1 Å². The Hall–Kier alpha value is -2.35. The van der Waals surface area contributed by atoms with Gasteiger partial charge < -0.3 is 4.42 Å². The molecule has 2 aromatic carbocycles. The molecule has 0 aliphatic carbocycles. The number of hydrogen-bond donors (Lipinski definition) is 0. The Kier molecular flexibility index (Phi) is 2.47. The normalized spacial score (nSPS) is 11.3. The van der Waals surface area contributed by atoms with E-state index in [4.69, 9.17) is 4.42 Å². The highest BCUT2D eigenvalue weighted by Crippen LogP contribution is 2.16. The average molecular weight is 221 g/mol. The van der Waals surface area contributed by atoms with Crippen molar-refractivity contribution in [2.45, 2.75) is 0 Å². The van der Waals surface area contributed by atoms with E-state index < -0.39 is 0 Å². The molecule has 0 aliphatic rings. The first kappa shape index (κ1) is 9.85. The molecule has 0 amide bonds. The summed E-state index contributed by atoms with van der Waals surface area (Å²) in [6.07, 6.45) is 5.63. The van der Waals surface area contributed by atoms with Gasteiger partial charge in [-0.1, -0.05) is 48.6 Å². The number of fused-ring (bicyclic) bond motifs is 1. The van der Waals surface area contributed by atoms with Crippen LogP contribution in [0.4, 0.5) is 0 Å². The van der Waals surface area contributed by atoms with Gasteiger partial charge in [0.2, 0.25) is 0 Å². The number of oxazole rings is 1. The van der Waals surface area contributed by atoms with E-state index >= 15 is 0 Å². The van der Waals surface area contributed by atoms with Crippen molar-refractivity contribution < 1.29 is 4.42 Å². The summed E-state index contributed by atoms with van der Waals surface area (Å²) in [5, 5.41) is 0. The monoisotopic (exact) mass is 221 g/mol. The van der Waals surface area contributed by atoms with Gasteiger partial charge in [0, 0.05) is 0 Å². The molecule has 17 heavy (non-hydrogen) atoms. The first-order chi connectivity index (χ1) is 8.42. The van der Waals surface area contributed by atoms with Crippen molar-refractivity contribution in [3.63, 3.8) is 0 Å². The van der Waals surface area contributed by atoms with E-state index in [0.29, 0.717) is 0 Å². The van der Waals surface area contributed by atoms with Crippen LogP contribution in [0.25, 0.3) is 23.3 Å². The predicted octanol–water partition coefficient (Wildman–Crippen LogP) is 4.00. The molecule has 2 nitrogen and oxygen atoms in total. The highest BCUT2D eigenvalue weighted by molar-refractivity contribution is 5.78. The lowest BCUT2D eigenvalue weighted by atomic mass is 10.1. The molecular formula is C15H11NO. The molecule has 1 aromatic heterocycles. The fourth-order valence-corrected chi connectivity index (χ4v) is 1.74. The zero-order valence-corrected chi connectivity index (χ0v) is 9.21. The lowest BCUT2D eigenvalue weighted by Crippen LogP contribution is -1.73. The standard InChI is InChI=1S/C15H11NO/c1-2-4-12(5-3-1)6-7-13-8-9-15-14(10-13)16-11-17-15/h1-11H/b7-6+. The van der Waals surface area contributed by atoms with Gasteiger partial charge in [0.15, 0.2) is 12.0 Å². The first-order valence-electron chi connectivity index (χ1n) is 5.48. The summed E-state index contributed by atoms with van der Waals surface area (Å²) < 4.78 is 5.20. The molecule has 2 heteroatoms. The number of rotatable bonds is 2. The van der Waals surface area contributed by atoms with E-state index in [9.17, 15) is 0 Å². The molecule has 0 atom stereocenters. The lowest BCUT2D eigenvalue weighted by molar-refractivity contribution is 0.602. The van der Waals surface area contributed by atoms with Crippen LogP contribution < -0.4 is 0 Å². The van der Waals surface area contributed by atoms with E-state index in [0.717, 1.165) is 16.7 Å². The molecule has 0 aliphatic heterocycles. The summed E-state index contributed by atoms with van der Waals surface area (Å²) >= 11 is 0. The minimum atomic E-state index is 0.821. The molecule has 0 fully saturated rings. The second-order valence-corrected chi connectivity index (χ2v) is 3.82. The van der Waals surface area contributed by atoms with Crippen molar-refractivity contribution in [2.75, 3.05) is 0 Å². The topological polar surface area (TPSA) is 26.0 Å². The van der Waals surface area contributed by atoms with Gasteiger partial charge in [-0.15, -0.1) is 0 Å². The van der Waals surface area contributed by atoms with Crippen molar-refractivity contribution in [2.24, 2.45) is 0 Å². The maximum Gasteiger partial charge on any atom is 0.181 e. The summed E-state index contributed by atoms with van der Waals surface area (Å²) in [6.45, 7) is 0. The highest BCUT2D eigenvalue weighted by Gasteiger charge is 1.97. The fraction of sp³-hybridized carbons (Fsp3) is 0. The molecule has 0 N–H and O–H groups in total. The molecule has 1 heterocycles. The van der Waals surface area contributed by atoms with Crippen LogP contribution >= 0.6 is 0 Å². The number of benzene rings is 2. The van der Waals surface area contributed by atoms with Gasteiger partial charge in [-0.05, 0) is 23.3 Å². The van der Waals surface area contributed by atoms with Crippen LogP contribution in [0.2, 0.25) is 0 Å². The predicted molar refractivity (Wildman–Crippen MR) is 69.4 cm³/mol. The van der Waals surface area contributed by atoms with E-state index in [1.165, 1.54) is 12.0 Å². The summed E-state index contributed by atoms with van der Waals surface area (Å²) in [5.74, 6) is 0. The van der Waals surface area contributed by atoms with Crippen LogP contribution in [-0.4, -0.2) is 4.98 Å². The van der Waals surface area contributed by atoms with Crippen LogP contribution in [-0.2, 0) is 0 Å². The van der Waals surface area contributed by atoms with Crippen LogP contribution in [0.15, 0.2) is 59.3 Å². The van der Waals surface area contributed by atoms with Crippen molar-refractivity contribution in [1.29, 1.82) is 0 Å². The van der Waals surface area contributed by atoms with Gasteiger partial charge in [-0.3, -0.25) is 0 Å². The molecule has 0 bridgehead atoms. The van der Waals surface area contributed by atoms with Crippen LogP contribution in [0.3, 0.4) is 0 Å². The van der Waals surface area contributed by atoms with Gasteiger partial charge >= 0.3 is 0 Å². The third kappa shape index (κ3) is 2.11. The maximum absolute atomic E-state index is 5.20. The van der Waals surface area contributed by atoms with Gasteiger partial charge in [-0.25, -0.2) is 4.98 Å². The molecule has 3 aromatic rings. The third-order valence-corrected chi connectivity index (χ3v) is 2.62. The van der Waals surface area contributed by atoms with Crippen molar-refractivity contribution in [3.8, 4) is 0 Å².